The van der Waals surface area contributed by atoms with Gasteiger partial charge in [-0.1, -0.05) is 62.2 Å². The summed E-state index contributed by atoms with van der Waals surface area (Å²) in [5.41, 5.74) is 6.74. The van der Waals surface area contributed by atoms with Gasteiger partial charge in [0.25, 0.3) is 5.91 Å². The van der Waals surface area contributed by atoms with Crippen LogP contribution in [0.25, 0.3) is 0 Å². The van der Waals surface area contributed by atoms with Crippen LogP contribution in [0.15, 0.2) is 59.6 Å². The van der Waals surface area contributed by atoms with Crippen molar-refractivity contribution in [2.24, 2.45) is 22.6 Å². The predicted octanol–water partition coefficient (Wildman–Crippen LogP) is 5.12. The maximum absolute atomic E-state index is 13.9. The SMILES string of the molecule is CCCCC(C(=O)N1CCC(CC(=O)OCc2ccccc2)CC1)C(C)(C)NC(=O)c1ccc(C(N)=NC(=O)OC(C)OC(C)=O)cc1. The van der Waals surface area contributed by atoms with Crippen LogP contribution in [0.2, 0.25) is 0 Å². The van der Waals surface area contributed by atoms with Crippen molar-refractivity contribution in [3.63, 3.8) is 0 Å². The molecule has 2 aromatic carbocycles. The van der Waals surface area contributed by atoms with Crippen molar-refractivity contribution in [1.29, 1.82) is 0 Å². The number of benzene rings is 2. The number of rotatable bonds is 14. The molecule has 12 heteroatoms. The molecule has 2 aromatic rings. The first kappa shape index (κ1) is 37.7. The number of piperidine rings is 1. The summed E-state index contributed by atoms with van der Waals surface area (Å²) < 4.78 is 15.1. The van der Waals surface area contributed by atoms with E-state index in [0.717, 1.165) is 18.4 Å². The number of nitrogens with two attached hydrogens (primary N) is 1. The molecule has 260 valence electrons. The molecule has 0 saturated carbocycles. The van der Waals surface area contributed by atoms with Gasteiger partial charge in [0, 0.05) is 50.0 Å². The zero-order valence-corrected chi connectivity index (χ0v) is 28.5. The van der Waals surface area contributed by atoms with Crippen molar-refractivity contribution < 1.29 is 38.2 Å². The first-order chi connectivity index (χ1) is 22.8. The van der Waals surface area contributed by atoms with Gasteiger partial charge in [0.15, 0.2) is 0 Å². The van der Waals surface area contributed by atoms with Crippen LogP contribution in [0.4, 0.5) is 4.79 Å². The minimum Gasteiger partial charge on any atom is -0.461 e. The van der Waals surface area contributed by atoms with Crippen LogP contribution in [-0.2, 0) is 35.2 Å². The standard InChI is InChI=1S/C36H48N4O8/c1-6-7-13-30(34(44)40-20-18-26(19-21-40)22-31(42)46-23-27-11-9-8-10-12-27)36(4,5)39-33(43)29-16-14-28(15-17-29)32(37)38-35(45)48-25(3)47-24(2)41/h8-12,14-17,25-26,30H,6-7,13,18-23H2,1-5H3,(H,39,43)(H2,37,38,45). The molecule has 0 spiro atoms. The molecule has 2 atom stereocenters. The molecule has 1 aliphatic heterocycles. The second-order valence-corrected chi connectivity index (χ2v) is 12.6. The Morgan fingerprint density at radius 2 is 1.60 bits per heavy atom. The number of ether oxygens (including phenoxy) is 3. The number of amidine groups is 1. The fraction of sp³-hybridized carbons (Fsp3) is 0.500. The van der Waals surface area contributed by atoms with E-state index in [1.54, 1.807) is 24.3 Å². The molecule has 0 aromatic heterocycles. The smallest absolute Gasteiger partial charge is 0.438 e. The third kappa shape index (κ3) is 11.8. The second kappa shape index (κ2) is 18.0. The molecule has 3 amide bonds. The first-order valence-corrected chi connectivity index (χ1v) is 16.4. The highest BCUT2D eigenvalue weighted by Crippen LogP contribution is 2.29. The molecule has 0 aliphatic carbocycles. The van der Waals surface area contributed by atoms with Gasteiger partial charge >= 0.3 is 18.0 Å². The van der Waals surface area contributed by atoms with Crippen molar-refractivity contribution in [1.82, 2.24) is 10.2 Å². The number of hydrogen-bond acceptors (Lipinski definition) is 8. The normalized spacial score (nSPS) is 15.2. The third-order valence-corrected chi connectivity index (χ3v) is 8.33. The van der Waals surface area contributed by atoms with Gasteiger partial charge in [-0.05, 0) is 56.7 Å². The Hall–Kier alpha value is -4.74. The Bertz CT molecular complexity index is 1430. The average Bonchev–Trinajstić information content (AvgIpc) is 3.04. The van der Waals surface area contributed by atoms with Gasteiger partial charge < -0.3 is 30.2 Å². The van der Waals surface area contributed by atoms with E-state index in [-0.39, 0.29) is 36.1 Å². The number of carbonyl (C=O) groups is 5. The summed E-state index contributed by atoms with van der Waals surface area (Å²) in [6, 6.07) is 15.8. The molecule has 1 fully saturated rings. The monoisotopic (exact) mass is 664 g/mol. The molecular weight excluding hydrogens is 616 g/mol. The molecule has 1 saturated heterocycles. The Morgan fingerprint density at radius 1 is 0.979 bits per heavy atom. The Morgan fingerprint density at radius 3 is 2.21 bits per heavy atom. The lowest BCUT2D eigenvalue weighted by Gasteiger charge is -2.40. The highest BCUT2D eigenvalue weighted by atomic mass is 16.7. The number of nitrogens with zero attached hydrogens (tertiary/aromatic N) is 2. The van der Waals surface area contributed by atoms with Gasteiger partial charge in [-0.2, -0.15) is 4.99 Å². The van der Waals surface area contributed by atoms with Crippen LogP contribution in [0.3, 0.4) is 0 Å². The summed E-state index contributed by atoms with van der Waals surface area (Å²) in [6.07, 6.45) is 1.94. The quantitative estimate of drug-likeness (QED) is 0.121. The lowest BCUT2D eigenvalue weighted by Crippen LogP contribution is -2.55. The molecular formula is C36H48N4O8. The van der Waals surface area contributed by atoms with Gasteiger partial charge in [0.2, 0.25) is 12.2 Å². The maximum Gasteiger partial charge on any atom is 0.438 e. The van der Waals surface area contributed by atoms with E-state index in [2.05, 4.69) is 17.2 Å². The zero-order chi connectivity index (χ0) is 35.3. The number of carbonyl (C=O) groups excluding carboxylic acids is 5. The van der Waals surface area contributed by atoms with E-state index < -0.39 is 29.8 Å². The van der Waals surface area contributed by atoms with Crippen LogP contribution in [0.5, 0.6) is 0 Å². The van der Waals surface area contributed by atoms with Crippen molar-refractivity contribution in [2.75, 3.05) is 13.1 Å². The third-order valence-electron chi connectivity index (χ3n) is 8.33. The number of unbranched alkanes of at least 4 members (excludes halogenated alkanes) is 1. The lowest BCUT2D eigenvalue weighted by molar-refractivity contribution is -0.161. The predicted molar refractivity (Wildman–Crippen MR) is 180 cm³/mol. The van der Waals surface area contributed by atoms with E-state index in [4.69, 9.17) is 19.9 Å². The molecule has 48 heavy (non-hydrogen) atoms. The second-order valence-electron chi connectivity index (χ2n) is 12.6. The van der Waals surface area contributed by atoms with Gasteiger partial charge in [-0.25, -0.2) is 4.79 Å². The molecule has 1 heterocycles. The number of likely N-dealkylation sites (tertiary alicyclic amines) is 1. The molecule has 2 unspecified atom stereocenters. The number of nitrogens with one attached hydrogen (secondary N) is 1. The van der Waals surface area contributed by atoms with Crippen molar-refractivity contribution >= 4 is 35.7 Å². The summed E-state index contributed by atoms with van der Waals surface area (Å²) in [5.74, 6) is -1.65. The largest absolute Gasteiger partial charge is 0.461 e. The fourth-order valence-corrected chi connectivity index (χ4v) is 5.65. The fourth-order valence-electron chi connectivity index (χ4n) is 5.65. The molecule has 3 rings (SSSR count). The topological polar surface area (TPSA) is 167 Å². The lowest BCUT2D eigenvalue weighted by atomic mass is 9.81. The molecule has 0 radical (unpaired) electrons. The van der Waals surface area contributed by atoms with Crippen molar-refractivity contribution in [3.05, 3.63) is 71.3 Å². The van der Waals surface area contributed by atoms with Gasteiger partial charge in [-0.15, -0.1) is 0 Å². The highest BCUT2D eigenvalue weighted by molar-refractivity contribution is 6.03. The Kier molecular flexibility index (Phi) is 14.1. The Balaban J connectivity index is 1.57. The van der Waals surface area contributed by atoms with E-state index in [9.17, 15) is 24.0 Å². The van der Waals surface area contributed by atoms with E-state index in [1.165, 1.54) is 13.8 Å². The minimum atomic E-state index is -1.12. The van der Waals surface area contributed by atoms with Crippen LogP contribution in [0, 0.1) is 11.8 Å². The van der Waals surface area contributed by atoms with E-state index in [0.29, 0.717) is 49.9 Å². The zero-order valence-electron chi connectivity index (χ0n) is 28.5. The number of aliphatic imine (C=N–C) groups is 1. The molecule has 3 N–H and O–H groups in total. The van der Waals surface area contributed by atoms with E-state index in [1.807, 2.05) is 49.1 Å². The van der Waals surface area contributed by atoms with Gasteiger partial charge in [-0.3, -0.25) is 19.2 Å². The van der Waals surface area contributed by atoms with Crippen LogP contribution in [-0.4, -0.2) is 65.5 Å². The number of hydrogen-bond donors (Lipinski definition) is 2. The summed E-state index contributed by atoms with van der Waals surface area (Å²) in [4.78, 5) is 68.2. The Labute approximate surface area is 282 Å². The van der Waals surface area contributed by atoms with Crippen LogP contribution < -0.4 is 11.1 Å². The summed E-state index contributed by atoms with van der Waals surface area (Å²) in [7, 11) is 0. The highest BCUT2D eigenvalue weighted by Gasteiger charge is 2.39. The molecule has 1 aliphatic rings. The van der Waals surface area contributed by atoms with Crippen LogP contribution in [0.1, 0.15) is 94.6 Å². The van der Waals surface area contributed by atoms with Crippen molar-refractivity contribution in [3.8, 4) is 0 Å². The summed E-state index contributed by atoms with van der Waals surface area (Å²) in [5, 5.41) is 3.06. The van der Waals surface area contributed by atoms with Gasteiger partial charge in [0.1, 0.15) is 12.4 Å². The van der Waals surface area contributed by atoms with E-state index >= 15 is 0 Å². The molecule has 0 bridgehead atoms. The van der Waals surface area contributed by atoms with Crippen LogP contribution >= 0.6 is 0 Å². The summed E-state index contributed by atoms with van der Waals surface area (Å²) >= 11 is 0. The number of amides is 3. The summed E-state index contributed by atoms with van der Waals surface area (Å²) in [6.45, 7) is 9.68. The maximum atomic E-state index is 13.9. The number of esters is 2. The molecule has 12 nitrogen and oxygen atoms in total. The first-order valence-electron chi connectivity index (χ1n) is 16.4. The minimum absolute atomic E-state index is 0.00639. The van der Waals surface area contributed by atoms with Crippen molar-refractivity contribution in [2.45, 2.75) is 91.6 Å². The average molecular weight is 665 g/mol. The van der Waals surface area contributed by atoms with Gasteiger partial charge in [0.05, 0.1) is 5.92 Å².